The van der Waals surface area contributed by atoms with E-state index in [9.17, 15) is 0 Å². The number of nitrogens with zero attached hydrogens (tertiary/aromatic N) is 2. The van der Waals surface area contributed by atoms with Crippen LogP contribution in [0.3, 0.4) is 0 Å². The second-order valence-electron chi connectivity index (χ2n) is 5.94. The fourth-order valence-electron chi connectivity index (χ4n) is 3.50. The maximum absolute atomic E-state index is 6.12. The van der Waals surface area contributed by atoms with E-state index in [2.05, 4.69) is 28.9 Å². The molecule has 3 heteroatoms. The summed E-state index contributed by atoms with van der Waals surface area (Å²) in [6.45, 7) is 4.98. The number of aromatic nitrogens is 1. The highest BCUT2D eigenvalue weighted by atomic mass is 15.2. The number of pyridine rings is 1. The molecule has 1 aliphatic rings. The third-order valence-electron chi connectivity index (χ3n) is 4.65. The van der Waals surface area contributed by atoms with Crippen LogP contribution in [0.25, 0.3) is 0 Å². The Balaban J connectivity index is 2.02. The van der Waals surface area contributed by atoms with Gasteiger partial charge in [0.15, 0.2) is 0 Å². The molecule has 1 aromatic rings. The van der Waals surface area contributed by atoms with Crippen molar-refractivity contribution in [1.29, 1.82) is 0 Å². The molecule has 0 saturated heterocycles. The highest BCUT2D eigenvalue weighted by molar-refractivity contribution is 5.03. The Morgan fingerprint density at radius 1 is 1.25 bits per heavy atom. The molecule has 1 unspecified atom stereocenters. The van der Waals surface area contributed by atoms with Crippen LogP contribution in [0, 0.1) is 5.92 Å². The Kier molecular flexibility index (Phi) is 6.48. The standard InChI is InChI=1S/C17H29N3/c1-2-20(14-16-11-7-8-12-19-16)17(13-18)15-9-5-3-4-6-10-15/h7-8,11-12,15,17H,2-6,9-10,13-14,18H2,1H3. The Morgan fingerprint density at radius 3 is 2.55 bits per heavy atom. The molecule has 0 spiro atoms. The Bertz CT molecular complexity index is 358. The lowest BCUT2D eigenvalue weighted by Gasteiger charge is -2.35. The van der Waals surface area contributed by atoms with Crippen molar-refractivity contribution in [2.45, 2.75) is 58.0 Å². The molecule has 112 valence electrons. The maximum atomic E-state index is 6.12. The smallest absolute Gasteiger partial charge is 0.0544 e. The van der Waals surface area contributed by atoms with Crippen LogP contribution in [0.2, 0.25) is 0 Å². The highest BCUT2D eigenvalue weighted by Crippen LogP contribution is 2.28. The lowest BCUT2D eigenvalue weighted by Crippen LogP contribution is -2.45. The van der Waals surface area contributed by atoms with Crippen molar-refractivity contribution in [3.05, 3.63) is 30.1 Å². The minimum atomic E-state index is 0.514. The van der Waals surface area contributed by atoms with Gasteiger partial charge in [-0.25, -0.2) is 0 Å². The summed E-state index contributed by atoms with van der Waals surface area (Å²) in [6.07, 6.45) is 10.1. The van der Waals surface area contributed by atoms with E-state index in [0.717, 1.165) is 31.2 Å². The minimum Gasteiger partial charge on any atom is -0.329 e. The minimum absolute atomic E-state index is 0.514. The van der Waals surface area contributed by atoms with Gasteiger partial charge in [0, 0.05) is 25.3 Å². The summed E-state index contributed by atoms with van der Waals surface area (Å²) in [5, 5.41) is 0. The molecular weight excluding hydrogens is 246 g/mol. The van der Waals surface area contributed by atoms with Gasteiger partial charge in [-0.15, -0.1) is 0 Å². The van der Waals surface area contributed by atoms with Crippen LogP contribution in [0.1, 0.15) is 51.1 Å². The summed E-state index contributed by atoms with van der Waals surface area (Å²) in [7, 11) is 0. The summed E-state index contributed by atoms with van der Waals surface area (Å²) < 4.78 is 0. The molecule has 1 atom stereocenters. The van der Waals surface area contributed by atoms with E-state index in [-0.39, 0.29) is 0 Å². The first-order chi connectivity index (χ1) is 9.85. The fraction of sp³-hybridized carbons (Fsp3) is 0.706. The Hall–Kier alpha value is -0.930. The van der Waals surface area contributed by atoms with Crippen LogP contribution >= 0.6 is 0 Å². The number of hydrogen-bond donors (Lipinski definition) is 1. The molecule has 1 heterocycles. The van der Waals surface area contributed by atoms with Crippen molar-refractivity contribution >= 4 is 0 Å². The van der Waals surface area contributed by atoms with Gasteiger partial charge >= 0.3 is 0 Å². The van der Waals surface area contributed by atoms with Crippen molar-refractivity contribution in [2.24, 2.45) is 11.7 Å². The topological polar surface area (TPSA) is 42.2 Å². The molecule has 0 amide bonds. The highest BCUT2D eigenvalue weighted by Gasteiger charge is 2.26. The SMILES string of the molecule is CCN(Cc1ccccn1)C(CN)C1CCCCCC1. The van der Waals surface area contributed by atoms with Gasteiger partial charge in [-0.05, 0) is 37.4 Å². The van der Waals surface area contributed by atoms with E-state index in [1.165, 1.54) is 38.5 Å². The van der Waals surface area contributed by atoms with Crippen molar-refractivity contribution in [2.75, 3.05) is 13.1 Å². The largest absolute Gasteiger partial charge is 0.329 e. The summed E-state index contributed by atoms with van der Waals surface area (Å²) in [5.41, 5.74) is 7.28. The van der Waals surface area contributed by atoms with Gasteiger partial charge in [0.1, 0.15) is 0 Å². The number of nitrogens with two attached hydrogens (primary N) is 1. The number of likely N-dealkylation sites (N-methyl/N-ethyl adjacent to an activating group) is 1. The van der Waals surface area contributed by atoms with Gasteiger partial charge in [-0.1, -0.05) is 38.7 Å². The average molecular weight is 275 g/mol. The predicted molar refractivity (Wildman–Crippen MR) is 84.4 cm³/mol. The second-order valence-corrected chi connectivity index (χ2v) is 5.94. The van der Waals surface area contributed by atoms with E-state index in [4.69, 9.17) is 5.73 Å². The number of hydrogen-bond acceptors (Lipinski definition) is 3. The molecular formula is C17H29N3. The fourth-order valence-corrected chi connectivity index (χ4v) is 3.50. The summed E-state index contributed by atoms with van der Waals surface area (Å²) in [6, 6.07) is 6.67. The van der Waals surface area contributed by atoms with E-state index in [1.807, 2.05) is 12.3 Å². The lowest BCUT2D eigenvalue weighted by molar-refractivity contribution is 0.133. The van der Waals surface area contributed by atoms with Crippen LogP contribution < -0.4 is 5.73 Å². The monoisotopic (exact) mass is 275 g/mol. The van der Waals surface area contributed by atoms with E-state index >= 15 is 0 Å². The Morgan fingerprint density at radius 2 is 2.00 bits per heavy atom. The summed E-state index contributed by atoms with van der Waals surface area (Å²) in [4.78, 5) is 6.99. The molecule has 0 radical (unpaired) electrons. The zero-order valence-corrected chi connectivity index (χ0v) is 12.8. The quantitative estimate of drug-likeness (QED) is 0.811. The van der Waals surface area contributed by atoms with Gasteiger partial charge in [-0.2, -0.15) is 0 Å². The number of rotatable bonds is 6. The van der Waals surface area contributed by atoms with E-state index < -0.39 is 0 Å². The zero-order valence-electron chi connectivity index (χ0n) is 12.8. The van der Waals surface area contributed by atoms with E-state index in [0.29, 0.717) is 6.04 Å². The van der Waals surface area contributed by atoms with Gasteiger partial charge in [0.05, 0.1) is 5.69 Å². The van der Waals surface area contributed by atoms with Gasteiger partial charge in [0.25, 0.3) is 0 Å². The van der Waals surface area contributed by atoms with Crippen LogP contribution in [-0.2, 0) is 6.54 Å². The molecule has 2 rings (SSSR count). The van der Waals surface area contributed by atoms with Crippen LogP contribution in [0.5, 0.6) is 0 Å². The van der Waals surface area contributed by atoms with Gasteiger partial charge < -0.3 is 5.73 Å². The molecule has 2 N–H and O–H groups in total. The van der Waals surface area contributed by atoms with E-state index in [1.54, 1.807) is 0 Å². The van der Waals surface area contributed by atoms with Crippen molar-refractivity contribution in [3.8, 4) is 0 Å². The average Bonchev–Trinajstić information content (AvgIpc) is 2.77. The molecule has 0 aliphatic heterocycles. The normalized spacial score (nSPS) is 18.9. The zero-order chi connectivity index (χ0) is 14.2. The maximum Gasteiger partial charge on any atom is 0.0544 e. The summed E-state index contributed by atoms with van der Waals surface area (Å²) in [5.74, 6) is 0.770. The molecule has 1 saturated carbocycles. The lowest BCUT2D eigenvalue weighted by atomic mass is 9.90. The van der Waals surface area contributed by atoms with Gasteiger partial charge in [0.2, 0.25) is 0 Å². The summed E-state index contributed by atoms with van der Waals surface area (Å²) >= 11 is 0. The van der Waals surface area contributed by atoms with Gasteiger partial charge in [-0.3, -0.25) is 9.88 Å². The van der Waals surface area contributed by atoms with Crippen LogP contribution in [0.4, 0.5) is 0 Å². The van der Waals surface area contributed by atoms with Crippen molar-refractivity contribution in [1.82, 2.24) is 9.88 Å². The first-order valence-electron chi connectivity index (χ1n) is 8.19. The van der Waals surface area contributed by atoms with Crippen LogP contribution in [-0.4, -0.2) is 29.0 Å². The first-order valence-corrected chi connectivity index (χ1v) is 8.19. The molecule has 0 aromatic carbocycles. The predicted octanol–water partition coefficient (Wildman–Crippen LogP) is 3.20. The second kappa shape index (κ2) is 8.38. The third-order valence-corrected chi connectivity index (χ3v) is 4.65. The molecule has 1 fully saturated rings. The molecule has 1 aliphatic carbocycles. The third kappa shape index (κ3) is 4.29. The Labute approximate surface area is 123 Å². The first kappa shape index (κ1) is 15.5. The molecule has 0 bridgehead atoms. The van der Waals surface area contributed by atoms with Crippen molar-refractivity contribution < 1.29 is 0 Å². The molecule has 20 heavy (non-hydrogen) atoms. The molecule has 3 nitrogen and oxygen atoms in total. The molecule has 1 aromatic heterocycles. The van der Waals surface area contributed by atoms with Crippen LogP contribution in [0.15, 0.2) is 24.4 Å². The van der Waals surface area contributed by atoms with Crippen molar-refractivity contribution in [3.63, 3.8) is 0 Å².